The van der Waals surface area contributed by atoms with Gasteiger partial charge in [-0.1, -0.05) is 0 Å². The molecule has 0 radical (unpaired) electrons. The first-order chi connectivity index (χ1) is 11.5. The number of amidine groups is 1. The Balaban J connectivity index is 2.29. The van der Waals surface area contributed by atoms with Crippen LogP contribution in [0.5, 0.6) is 0 Å². The number of nitrogens with two attached hydrogens (primary N) is 1. The average Bonchev–Trinajstić information content (AvgIpc) is 2.92. The number of nitrogens with one attached hydrogen (secondary N) is 2. The summed E-state index contributed by atoms with van der Waals surface area (Å²) in [6.45, 7) is 5.45. The van der Waals surface area contributed by atoms with E-state index in [1.807, 2.05) is 0 Å². The maximum absolute atomic E-state index is 14.5. The third-order valence-corrected chi connectivity index (χ3v) is 9.38. The van der Waals surface area contributed by atoms with Gasteiger partial charge in [0, 0.05) is 6.54 Å². The molecule has 1 amide bonds. The van der Waals surface area contributed by atoms with Crippen LogP contribution in [-0.4, -0.2) is 42.8 Å². The van der Waals surface area contributed by atoms with Gasteiger partial charge in [0.15, 0.2) is 0 Å². The van der Waals surface area contributed by atoms with Gasteiger partial charge in [0.25, 0.3) is 0 Å². The predicted molar refractivity (Wildman–Crippen MR) is 94.6 cm³/mol. The van der Waals surface area contributed by atoms with E-state index in [0.29, 0.717) is 13.0 Å². The fourth-order valence-electron chi connectivity index (χ4n) is 3.79. The number of halogens is 1. The van der Waals surface area contributed by atoms with Crippen molar-refractivity contribution in [3.63, 3.8) is 0 Å². The zero-order valence-electron chi connectivity index (χ0n) is 14.2. The highest BCUT2D eigenvalue weighted by Crippen LogP contribution is 2.48. The first-order valence-electron chi connectivity index (χ1n) is 7.90. The molecule has 0 unspecified atom stereocenters. The molecule has 3 rings (SSSR count). The number of amides is 1. The van der Waals surface area contributed by atoms with Crippen LogP contribution in [0.2, 0.25) is 0 Å². The number of aliphatic imine (C=N–C) groups is 1. The van der Waals surface area contributed by atoms with E-state index >= 15 is 0 Å². The fraction of sp³-hybridized carbons (Fsp3) is 0.533. The molecule has 3 heterocycles. The quantitative estimate of drug-likeness (QED) is 0.466. The second-order valence-corrected chi connectivity index (χ2v) is 10.4. The number of aromatic nitrogens is 1. The summed E-state index contributed by atoms with van der Waals surface area (Å²) in [4.78, 5) is 19.8. The first-order valence-corrected chi connectivity index (χ1v) is 9.67. The minimum Gasteiger partial charge on any atom is -0.465 e. The molecule has 2 aliphatic rings. The van der Waals surface area contributed by atoms with Crippen molar-refractivity contribution in [2.24, 2.45) is 4.99 Å². The Labute approximate surface area is 145 Å². The van der Waals surface area contributed by atoms with Crippen LogP contribution in [0.25, 0.3) is 0 Å². The van der Waals surface area contributed by atoms with Crippen LogP contribution in [0.3, 0.4) is 0 Å². The van der Waals surface area contributed by atoms with Gasteiger partial charge in [-0.15, -0.1) is 0 Å². The molecule has 2 aliphatic heterocycles. The van der Waals surface area contributed by atoms with Crippen molar-refractivity contribution in [1.82, 2.24) is 15.0 Å². The highest BCUT2D eigenvalue weighted by Gasteiger charge is 2.59. The molecule has 0 aliphatic carbocycles. The van der Waals surface area contributed by atoms with E-state index < -0.39 is 37.6 Å². The van der Waals surface area contributed by atoms with Crippen LogP contribution < -0.4 is 15.8 Å². The zero-order chi connectivity index (χ0) is 18.6. The molecule has 0 spiro atoms. The van der Waals surface area contributed by atoms with Crippen molar-refractivity contribution in [1.29, 1.82) is 0 Å². The van der Waals surface area contributed by atoms with Gasteiger partial charge in [-0.3, -0.25) is 19.2 Å². The number of pyridine rings is 1. The summed E-state index contributed by atoms with van der Waals surface area (Å²) < 4.78 is 30.4. The van der Waals surface area contributed by atoms with Gasteiger partial charge in [-0.25, -0.2) is 14.2 Å². The number of rotatable bonds is 1. The van der Waals surface area contributed by atoms with E-state index in [4.69, 9.17) is 10.8 Å². The minimum absolute atomic E-state index is 0.0263. The summed E-state index contributed by atoms with van der Waals surface area (Å²) in [5, 5.41) is 10.9. The molecule has 0 bridgehead atoms. The predicted octanol–water partition coefficient (Wildman–Crippen LogP) is 0.770. The molecule has 25 heavy (non-hydrogen) atoms. The van der Waals surface area contributed by atoms with E-state index in [2.05, 4.69) is 20.0 Å². The molecule has 1 fully saturated rings. The molecule has 5 N–H and O–H groups in total. The lowest BCUT2D eigenvalue weighted by molar-refractivity contribution is 0.199. The highest BCUT2D eigenvalue weighted by molar-refractivity contribution is 8.04. The van der Waals surface area contributed by atoms with Crippen molar-refractivity contribution in [2.45, 2.75) is 42.7 Å². The van der Waals surface area contributed by atoms with Crippen molar-refractivity contribution in [3.8, 4) is 0 Å². The number of hydrogen-bond donors (Lipinski definition) is 5. The lowest BCUT2D eigenvalue weighted by atomic mass is 9.89. The summed E-state index contributed by atoms with van der Waals surface area (Å²) >= 11 is 0. The summed E-state index contributed by atoms with van der Waals surface area (Å²) in [5.41, 5.74) is 4.39. The minimum atomic E-state index is -3.17. The summed E-state index contributed by atoms with van der Waals surface area (Å²) in [7, 11) is -3.17. The smallest absolute Gasteiger partial charge is 0.410 e. The maximum atomic E-state index is 14.5. The van der Waals surface area contributed by atoms with Crippen molar-refractivity contribution < 1.29 is 18.5 Å². The molecule has 1 saturated heterocycles. The molecule has 2 atom stereocenters. The molecule has 0 aromatic carbocycles. The number of thiol groups is 1. The van der Waals surface area contributed by atoms with E-state index in [9.17, 15) is 13.4 Å². The number of nitrogen functional groups attached to an aromatic ring is 1. The Morgan fingerprint density at radius 1 is 1.48 bits per heavy atom. The van der Waals surface area contributed by atoms with Gasteiger partial charge >= 0.3 is 6.09 Å². The second kappa shape index (κ2) is 5.46. The Kier molecular flexibility index (Phi) is 3.88. The lowest BCUT2D eigenvalue weighted by Gasteiger charge is -2.50. The maximum Gasteiger partial charge on any atom is 0.410 e. The van der Waals surface area contributed by atoms with Gasteiger partial charge in [0.1, 0.15) is 28.7 Å². The summed E-state index contributed by atoms with van der Waals surface area (Å²) in [6, 6.07) is 2.53. The molecule has 138 valence electrons. The van der Waals surface area contributed by atoms with Crippen molar-refractivity contribution in [2.75, 3.05) is 12.3 Å². The topological polar surface area (TPSA) is 130 Å². The highest BCUT2D eigenvalue weighted by atomic mass is 32.3. The molecule has 1 aromatic heterocycles. The van der Waals surface area contributed by atoms with E-state index in [1.54, 1.807) is 20.8 Å². The van der Waals surface area contributed by atoms with Crippen molar-refractivity contribution >= 4 is 27.9 Å². The largest absolute Gasteiger partial charge is 0.465 e. The van der Waals surface area contributed by atoms with Gasteiger partial charge in [-0.2, -0.15) is 0 Å². The van der Waals surface area contributed by atoms with Crippen molar-refractivity contribution in [3.05, 3.63) is 23.6 Å². The monoisotopic (exact) mass is 371 g/mol. The van der Waals surface area contributed by atoms with E-state index in [-0.39, 0.29) is 17.3 Å². The SMILES string of the molecule is CC1(C)C(NC(=O)O)=N[C@](C)(c2nc(N)ccc2F)[C@H]2CCN[SH]21=O. The van der Waals surface area contributed by atoms with Crippen LogP contribution in [0, 0.1) is 5.82 Å². The number of hydrogen-bond acceptors (Lipinski definition) is 5. The first kappa shape index (κ1) is 17.7. The Bertz CT molecular complexity index is 827. The Morgan fingerprint density at radius 3 is 2.80 bits per heavy atom. The Morgan fingerprint density at radius 2 is 2.16 bits per heavy atom. The lowest BCUT2D eigenvalue weighted by Crippen LogP contribution is -2.66. The molecular weight excluding hydrogens is 349 g/mol. The number of carboxylic acid groups (broad SMARTS) is 1. The second-order valence-electron chi connectivity index (χ2n) is 7.03. The molecule has 10 heteroatoms. The van der Waals surface area contributed by atoms with E-state index in [0.717, 1.165) is 0 Å². The number of nitrogens with zero attached hydrogens (tertiary/aromatic N) is 2. The van der Waals surface area contributed by atoms with Crippen LogP contribution in [0.15, 0.2) is 17.1 Å². The average molecular weight is 371 g/mol. The molecule has 1 aromatic rings. The normalized spacial score (nSPS) is 30.9. The number of carbonyl (C=O) groups is 1. The molecule has 8 nitrogen and oxygen atoms in total. The standard InChI is InChI=1S/C15H22FN5O3S/c1-14(2)12(20-13(22)23)21-15(3,9-6-7-18-25(9,14)24)11-8(16)4-5-10(17)19-11/h4-5,9,25H,6-7H2,1-3H3,(H2,17,19)(H,18,24)(H,20,21)(H,22,23)/t9-,15+/m1/s1. The van der Waals surface area contributed by atoms with Crippen LogP contribution in [0.4, 0.5) is 15.0 Å². The molecule has 0 saturated carbocycles. The van der Waals surface area contributed by atoms with E-state index in [1.165, 1.54) is 12.1 Å². The van der Waals surface area contributed by atoms with Gasteiger partial charge < -0.3 is 10.8 Å². The van der Waals surface area contributed by atoms with Crippen LogP contribution in [0.1, 0.15) is 32.9 Å². The van der Waals surface area contributed by atoms with Gasteiger partial charge in [0.2, 0.25) is 0 Å². The molecular formula is C15H22FN5O3S. The fourth-order valence-corrected chi connectivity index (χ4v) is 7.45. The van der Waals surface area contributed by atoms with Gasteiger partial charge in [0.05, 0.1) is 10.00 Å². The third-order valence-electron chi connectivity index (χ3n) is 5.18. The van der Waals surface area contributed by atoms with Crippen LogP contribution in [-0.2, 0) is 15.7 Å². The number of anilines is 1. The number of fused-ring (bicyclic) bond motifs is 1. The Hall–Kier alpha value is -2.07. The third kappa shape index (κ3) is 2.43. The zero-order valence-corrected chi connectivity index (χ0v) is 15.1. The summed E-state index contributed by atoms with van der Waals surface area (Å²) in [6.07, 6.45) is -0.809. The van der Waals surface area contributed by atoms with Gasteiger partial charge in [-0.05, 0) is 49.4 Å². The van der Waals surface area contributed by atoms with Crippen LogP contribution >= 0.6 is 0 Å². The summed E-state index contributed by atoms with van der Waals surface area (Å²) in [5.74, 6) is -0.473.